The van der Waals surface area contributed by atoms with E-state index in [4.69, 9.17) is 5.11 Å². The van der Waals surface area contributed by atoms with Crippen LogP contribution < -0.4 is 5.32 Å². The lowest BCUT2D eigenvalue weighted by Crippen LogP contribution is -2.34. The van der Waals surface area contributed by atoms with Crippen molar-refractivity contribution in [2.24, 2.45) is 5.41 Å². The summed E-state index contributed by atoms with van der Waals surface area (Å²) in [5.41, 5.74) is -1.42. The smallest absolute Gasteiger partial charge is 0.311 e. The first-order valence-electron chi connectivity index (χ1n) is 5.82. The van der Waals surface area contributed by atoms with Crippen LogP contribution in [0.3, 0.4) is 0 Å². The molecule has 0 amide bonds. The predicted octanol–water partition coefficient (Wildman–Crippen LogP) is 3.41. The molecular weight excluding hydrogens is 335 g/mol. The van der Waals surface area contributed by atoms with Crippen molar-refractivity contribution in [3.8, 4) is 0 Å². The summed E-state index contributed by atoms with van der Waals surface area (Å²) in [6, 6.07) is 2.02. The Hall–Kier alpha value is -1.70. The number of halogens is 2. The Morgan fingerprint density at radius 2 is 2.20 bits per heavy atom. The molecule has 0 aliphatic rings. The molecule has 1 rings (SSSR count). The van der Waals surface area contributed by atoms with Gasteiger partial charge in [0, 0.05) is 6.54 Å². The Morgan fingerprint density at radius 1 is 1.60 bits per heavy atom. The molecular formula is C12H14BrFN2O4. The molecule has 1 unspecified atom stereocenters. The molecule has 0 bridgehead atoms. The highest BCUT2D eigenvalue weighted by Crippen LogP contribution is 2.32. The largest absolute Gasteiger partial charge is 0.481 e. The zero-order valence-electron chi connectivity index (χ0n) is 10.9. The summed E-state index contributed by atoms with van der Waals surface area (Å²) in [6.07, 6.45) is 0.353. The fourth-order valence-electron chi connectivity index (χ4n) is 1.47. The van der Waals surface area contributed by atoms with Crippen molar-refractivity contribution >= 4 is 33.3 Å². The van der Waals surface area contributed by atoms with Gasteiger partial charge < -0.3 is 10.4 Å². The summed E-state index contributed by atoms with van der Waals surface area (Å²) in [6.45, 7) is 3.25. The first-order valence-corrected chi connectivity index (χ1v) is 6.61. The molecule has 0 fully saturated rings. The van der Waals surface area contributed by atoms with Crippen LogP contribution in [0.25, 0.3) is 0 Å². The number of carboxylic acid groups (broad SMARTS) is 1. The molecule has 0 saturated heterocycles. The van der Waals surface area contributed by atoms with E-state index >= 15 is 0 Å². The van der Waals surface area contributed by atoms with Gasteiger partial charge in [-0.1, -0.05) is 6.92 Å². The minimum atomic E-state index is -1.06. The second kappa shape index (κ2) is 6.17. The molecule has 1 aromatic rings. The maximum absolute atomic E-state index is 13.3. The normalized spacial score (nSPS) is 13.6. The van der Waals surface area contributed by atoms with Gasteiger partial charge in [-0.25, -0.2) is 4.39 Å². The van der Waals surface area contributed by atoms with Crippen molar-refractivity contribution in [1.29, 1.82) is 0 Å². The molecule has 0 aromatic heterocycles. The van der Waals surface area contributed by atoms with Gasteiger partial charge in [0.25, 0.3) is 5.69 Å². The van der Waals surface area contributed by atoms with Gasteiger partial charge in [0.15, 0.2) is 0 Å². The number of nitrogens with zero attached hydrogens (tertiary/aromatic N) is 1. The summed E-state index contributed by atoms with van der Waals surface area (Å²) >= 11 is 2.94. The first kappa shape index (κ1) is 16.4. The lowest BCUT2D eigenvalue weighted by molar-refractivity contribution is -0.384. The lowest BCUT2D eigenvalue weighted by atomic mass is 9.87. The average molecular weight is 349 g/mol. The summed E-state index contributed by atoms with van der Waals surface area (Å²) < 4.78 is 13.4. The van der Waals surface area contributed by atoms with Gasteiger partial charge in [-0.3, -0.25) is 14.9 Å². The van der Waals surface area contributed by atoms with Crippen LogP contribution in [0.15, 0.2) is 16.6 Å². The summed E-state index contributed by atoms with van der Waals surface area (Å²) in [5, 5.41) is 22.7. The maximum atomic E-state index is 13.3. The molecule has 1 aromatic carbocycles. The topological polar surface area (TPSA) is 92.5 Å². The lowest BCUT2D eigenvalue weighted by Gasteiger charge is -2.23. The zero-order chi connectivity index (χ0) is 15.5. The van der Waals surface area contributed by atoms with Gasteiger partial charge in [0.1, 0.15) is 11.5 Å². The number of nitro groups is 1. The number of nitro benzene ring substituents is 1. The van der Waals surface area contributed by atoms with Crippen LogP contribution in [0.5, 0.6) is 0 Å². The highest BCUT2D eigenvalue weighted by molar-refractivity contribution is 9.10. The van der Waals surface area contributed by atoms with Gasteiger partial charge in [-0.05, 0) is 35.3 Å². The minimum Gasteiger partial charge on any atom is -0.481 e. The van der Waals surface area contributed by atoms with E-state index in [-0.39, 0.29) is 16.7 Å². The Balaban J connectivity index is 3.06. The summed E-state index contributed by atoms with van der Waals surface area (Å²) in [4.78, 5) is 21.3. The van der Waals surface area contributed by atoms with Crippen LogP contribution in [0.2, 0.25) is 0 Å². The Labute approximate surface area is 123 Å². The summed E-state index contributed by atoms with van der Waals surface area (Å²) in [7, 11) is 0. The molecule has 0 saturated carbocycles. The van der Waals surface area contributed by atoms with Crippen LogP contribution in [-0.2, 0) is 4.79 Å². The van der Waals surface area contributed by atoms with E-state index in [9.17, 15) is 19.3 Å². The second-order valence-corrected chi connectivity index (χ2v) is 5.47. The molecule has 2 N–H and O–H groups in total. The number of anilines is 1. The van der Waals surface area contributed by atoms with E-state index in [2.05, 4.69) is 21.2 Å². The van der Waals surface area contributed by atoms with Crippen molar-refractivity contribution < 1.29 is 19.2 Å². The van der Waals surface area contributed by atoms with Gasteiger partial charge in [-0.2, -0.15) is 0 Å². The molecule has 110 valence electrons. The van der Waals surface area contributed by atoms with E-state index in [1.165, 1.54) is 13.0 Å². The zero-order valence-corrected chi connectivity index (χ0v) is 12.5. The van der Waals surface area contributed by atoms with Crippen molar-refractivity contribution in [2.45, 2.75) is 20.3 Å². The third-order valence-corrected chi connectivity index (χ3v) is 3.81. The fraction of sp³-hybridized carbons (Fsp3) is 0.417. The van der Waals surface area contributed by atoms with Crippen molar-refractivity contribution in [3.63, 3.8) is 0 Å². The summed E-state index contributed by atoms with van der Waals surface area (Å²) in [5.74, 6) is -1.75. The van der Waals surface area contributed by atoms with Crippen LogP contribution in [0, 0.1) is 21.3 Å². The van der Waals surface area contributed by atoms with Crippen molar-refractivity contribution in [1.82, 2.24) is 0 Å². The van der Waals surface area contributed by atoms with Gasteiger partial charge >= 0.3 is 5.97 Å². The predicted molar refractivity (Wildman–Crippen MR) is 75.3 cm³/mol. The highest BCUT2D eigenvalue weighted by atomic mass is 79.9. The first-order chi connectivity index (χ1) is 9.21. The molecule has 20 heavy (non-hydrogen) atoms. The maximum Gasteiger partial charge on any atom is 0.311 e. The number of carbonyl (C=O) groups is 1. The van der Waals surface area contributed by atoms with Gasteiger partial charge in [0.05, 0.1) is 20.9 Å². The molecule has 0 spiro atoms. The van der Waals surface area contributed by atoms with Gasteiger partial charge in [-0.15, -0.1) is 0 Å². The second-order valence-electron chi connectivity index (χ2n) is 4.61. The van der Waals surface area contributed by atoms with E-state index in [0.29, 0.717) is 6.42 Å². The van der Waals surface area contributed by atoms with E-state index in [1.807, 2.05) is 0 Å². The number of rotatable bonds is 6. The quantitative estimate of drug-likeness (QED) is 0.607. The number of aliphatic carboxylic acids is 1. The van der Waals surface area contributed by atoms with Crippen LogP contribution >= 0.6 is 15.9 Å². The van der Waals surface area contributed by atoms with Crippen LogP contribution in [0.1, 0.15) is 20.3 Å². The SMILES string of the molecule is CCC(C)(CNc1cc(Br)c(F)cc1[N+](=O)[O-])C(=O)O. The average Bonchev–Trinajstić information content (AvgIpc) is 2.38. The van der Waals surface area contributed by atoms with E-state index < -0.39 is 27.8 Å². The molecule has 0 aliphatic heterocycles. The number of benzene rings is 1. The van der Waals surface area contributed by atoms with Crippen LogP contribution in [-0.4, -0.2) is 22.5 Å². The molecule has 0 heterocycles. The molecule has 1 atom stereocenters. The Morgan fingerprint density at radius 3 is 2.65 bits per heavy atom. The Bertz CT molecular complexity index is 553. The van der Waals surface area contributed by atoms with Gasteiger partial charge in [0.2, 0.25) is 0 Å². The molecule has 0 radical (unpaired) electrons. The molecule has 0 aliphatic carbocycles. The number of hydrogen-bond donors (Lipinski definition) is 2. The third kappa shape index (κ3) is 3.44. The standard InChI is InChI=1S/C12H14BrFN2O4/c1-3-12(2,11(17)18)6-15-9-4-7(13)8(14)5-10(9)16(19)20/h4-5,15H,3,6H2,1-2H3,(H,17,18). The number of carboxylic acids is 1. The number of hydrogen-bond acceptors (Lipinski definition) is 4. The molecule has 6 nitrogen and oxygen atoms in total. The highest BCUT2D eigenvalue weighted by Gasteiger charge is 2.31. The molecule has 8 heteroatoms. The monoisotopic (exact) mass is 348 g/mol. The fourth-order valence-corrected chi connectivity index (χ4v) is 1.81. The van der Waals surface area contributed by atoms with Crippen molar-refractivity contribution in [3.05, 3.63) is 32.5 Å². The minimum absolute atomic E-state index is 0.00224. The van der Waals surface area contributed by atoms with E-state index in [0.717, 1.165) is 6.07 Å². The number of nitrogens with one attached hydrogen (secondary N) is 1. The third-order valence-electron chi connectivity index (χ3n) is 3.20. The van der Waals surface area contributed by atoms with Crippen LogP contribution in [0.4, 0.5) is 15.8 Å². The van der Waals surface area contributed by atoms with E-state index in [1.54, 1.807) is 6.92 Å². The Kier molecular flexibility index (Phi) is 5.04. The van der Waals surface area contributed by atoms with Crippen molar-refractivity contribution in [2.75, 3.05) is 11.9 Å².